The van der Waals surface area contributed by atoms with Crippen molar-refractivity contribution in [2.45, 2.75) is 31.8 Å². The van der Waals surface area contributed by atoms with Gasteiger partial charge in [-0.25, -0.2) is 4.98 Å². The van der Waals surface area contributed by atoms with Crippen LogP contribution in [-0.4, -0.2) is 16.9 Å². The minimum Gasteiger partial charge on any atom is -0.349 e. The number of thiazole rings is 1. The molecule has 4 unspecified atom stereocenters. The highest BCUT2D eigenvalue weighted by molar-refractivity contribution is 7.18. The molecule has 3 N–H and O–H groups in total. The van der Waals surface area contributed by atoms with Crippen molar-refractivity contribution in [3.63, 3.8) is 0 Å². The quantitative estimate of drug-likeness (QED) is 0.914. The lowest BCUT2D eigenvalue weighted by Gasteiger charge is -2.26. The van der Waals surface area contributed by atoms with Crippen molar-refractivity contribution in [3.8, 4) is 0 Å². The molecular weight excluding hydrogens is 282 g/mol. The van der Waals surface area contributed by atoms with Crippen LogP contribution in [-0.2, 0) is 11.3 Å². The fourth-order valence-electron chi connectivity index (χ4n) is 4.00. The number of para-hydroxylation sites is 1. The highest BCUT2D eigenvalue weighted by Crippen LogP contribution is 2.47. The summed E-state index contributed by atoms with van der Waals surface area (Å²) in [4.78, 5) is 17.0. The SMILES string of the molecule is NC1C2CCC(C2)C1C(=O)NCc1nc2ccccc2s1. The second-order valence-electron chi connectivity index (χ2n) is 6.23. The molecule has 110 valence electrons. The van der Waals surface area contributed by atoms with E-state index in [0.29, 0.717) is 18.4 Å². The molecule has 0 spiro atoms. The van der Waals surface area contributed by atoms with Crippen molar-refractivity contribution in [3.05, 3.63) is 29.3 Å². The molecular formula is C16H19N3OS. The Morgan fingerprint density at radius 2 is 2.14 bits per heavy atom. The molecule has 5 heteroatoms. The van der Waals surface area contributed by atoms with Crippen molar-refractivity contribution < 1.29 is 4.79 Å². The largest absolute Gasteiger partial charge is 0.349 e. The molecule has 0 radical (unpaired) electrons. The summed E-state index contributed by atoms with van der Waals surface area (Å²) in [6, 6.07) is 8.11. The maximum absolute atomic E-state index is 12.4. The Labute approximate surface area is 127 Å². The number of carbonyl (C=O) groups excluding carboxylic acids is 1. The van der Waals surface area contributed by atoms with Crippen LogP contribution in [0.15, 0.2) is 24.3 Å². The Hall–Kier alpha value is -1.46. The molecule has 4 atom stereocenters. The first-order chi connectivity index (χ1) is 10.2. The molecule has 1 aromatic carbocycles. The molecule has 2 aromatic rings. The van der Waals surface area contributed by atoms with E-state index in [4.69, 9.17) is 5.73 Å². The van der Waals surface area contributed by atoms with Crippen LogP contribution < -0.4 is 11.1 Å². The summed E-state index contributed by atoms with van der Waals surface area (Å²) in [5.74, 6) is 1.20. The van der Waals surface area contributed by atoms with Gasteiger partial charge in [0, 0.05) is 6.04 Å². The van der Waals surface area contributed by atoms with Crippen LogP contribution in [0.2, 0.25) is 0 Å². The highest BCUT2D eigenvalue weighted by atomic mass is 32.1. The van der Waals surface area contributed by atoms with Gasteiger partial charge in [0.25, 0.3) is 0 Å². The summed E-state index contributed by atoms with van der Waals surface area (Å²) in [6.45, 7) is 0.513. The average molecular weight is 301 g/mol. The topological polar surface area (TPSA) is 68.0 Å². The zero-order valence-corrected chi connectivity index (χ0v) is 12.6. The van der Waals surface area contributed by atoms with Crippen molar-refractivity contribution >= 4 is 27.5 Å². The number of nitrogens with zero attached hydrogens (tertiary/aromatic N) is 1. The van der Waals surface area contributed by atoms with E-state index in [1.165, 1.54) is 11.1 Å². The van der Waals surface area contributed by atoms with Crippen molar-refractivity contribution in [2.24, 2.45) is 23.5 Å². The number of nitrogens with one attached hydrogen (secondary N) is 1. The van der Waals surface area contributed by atoms with Crippen molar-refractivity contribution in [1.29, 1.82) is 0 Å². The number of carbonyl (C=O) groups is 1. The molecule has 4 nitrogen and oxygen atoms in total. The van der Waals surface area contributed by atoms with E-state index in [1.807, 2.05) is 18.2 Å². The number of aromatic nitrogens is 1. The van der Waals surface area contributed by atoms with E-state index in [-0.39, 0.29) is 17.9 Å². The standard InChI is InChI=1S/C16H19N3OS/c17-15-10-6-5-9(7-10)14(15)16(20)18-8-13-19-11-3-1-2-4-12(11)21-13/h1-4,9-10,14-15H,5-8,17H2,(H,18,20). The van der Waals surface area contributed by atoms with Crippen molar-refractivity contribution in [1.82, 2.24) is 10.3 Å². The van der Waals surface area contributed by atoms with E-state index < -0.39 is 0 Å². The van der Waals surface area contributed by atoms with E-state index in [1.54, 1.807) is 11.3 Å². The number of hydrogen-bond donors (Lipinski definition) is 2. The summed E-state index contributed by atoms with van der Waals surface area (Å²) in [6.07, 6.45) is 3.51. The minimum atomic E-state index is 0.0122. The Kier molecular flexibility index (Phi) is 3.19. The van der Waals surface area contributed by atoms with Gasteiger partial charge in [-0.2, -0.15) is 0 Å². The molecule has 2 aliphatic carbocycles. The summed E-state index contributed by atoms with van der Waals surface area (Å²) in [7, 11) is 0. The summed E-state index contributed by atoms with van der Waals surface area (Å²) < 4.78 is 1.17. The molecule has 2 aliphatic rings. The fraction of sp³-hybridized carbons (Fsp3) is 0.500. The van der Waals surface area contributed by atoms with Crippen LogP contribution in [0.1, 0.15) is 24.3 Å². The number of nitrogens with two attached hydrogens (primary N) is 1. The normalized spacial score (nSPS) is 30.9. The van der Waals surface area contributed by atoms with Gasteiger partial charge in [-0.15, -0.1) is 11.3 Å². The molecule has 2 saturated carbocycles. The Morgan fingerprint density at radius 3 is 2.90 bits per heavy atom. The maximum atomic E-state index is 12.4. The number of rotatable bonds is 3. The van der Waals surface area contributed by atoms with E-state index in [0.717, 1.165) is 23.4 Å². The molecule has 0 saturated heterocycles. The van der Waals surface area contributed by atoms with Crippen LogP contribution >= 0.6 is 11.3 Å². The molecule has 1 aromatic heterocycles. The Balaban J connectivity index is 1.43. The van der Waals surface area contributed by atoms with Crippen LogP contribution in [0.3, 0.4) is 0 Å². The fourth-order valence-corrected chi connectivity index (χ4v) is 4.91. The minimum absolute atomic E-state index is 0.0122. The van der Waals surface area contributed by atoms with E-state index in [9.17, 15) is 4.79 Å². The zero-order valence-electron chi connectivity index (χ0n) is 11.8. The second-order valence-corrected chi connectivity index (χ2v) is 7.34. The molecule has 1 amide bonds. The molecule has 21 heavy (non-hydrogen) atoms. The summed E-state index contributed by atoms with van der Waals surface area (Å²) >= 11 is 1.64. The zero-order chi connectivity index (χ0) is 14.4. The number of fused-ring (bicyclic) bond motifs is 3. The predicted octanol–water partition coefficient (Wildman–Crippen LogP) is 2.29. The molecule has 0 aliphatic heterocycles. The summed E-state index contributed by atoms with van der Waals surface area (Å²) in [5.41, 5.74) is 7.22. The molecule has 4 rings (SSSR count). The third-order valence-corrected chi connectivity index (χ3v) is 6.07. The monoisotopic (exact) mass is 301 g/mol. The molecule has 1 heterocycles. The second kappa shape index (κ2) is 5.07. The van der Waals surface area contributed by atoms with Gasteiger partial charge >= 0.3 is 0 Å². The number of amides is 1. The van der Waals surface area contributed by atoms with Crippen LogP contribution in [0.5, 0.6) is 0 Å². The predicted molar refractivity (Wildman–Crippen MR) is 83.8 cm³/mol. The van der Waals surface area contributed by atoms with Gasteiger partial charge < -0.3 is 11.1 Å². The van der Waals surface area contributed by atoms with Crippen molar-refractivity contribution in [2.75, 3.05) is 0 Å². The van der Waals surface area contributed by atoms with E-state index >= 15 is 0 Å². The van der Waals surface area contributed by atoms with Crippen LogP contribution in [0, 0.1) is 17.8 Å². The van der Waals surface area contributed by atoms with Gasteiger partial charge in [-0.3, -0.25) is 4.79 Å². The first-order valence-corrected chi connectivity index (χ1v) is 8.42. The van der Waals surface area contributed by atoms with Gasteiger partial charge in [0.1, 0.15) is 5.01 Å². The van der Waals surface area contributed by atoms with Gasteiger partial charge in [-0.05, 0) is 43.2 Å². The lowest BCUT2D eigenvalue weighted by atomic mass is 9.84. The van der Waals surface area contributed by atoms with E-state index in [2.05, 4.69) is 16.4 Å². The van der Waals surface area contributed by atoms with Gasteiger partial charge in [0.05, 0.1) is 22.7 Å². The molecule has 2 fully saturated rings. The third kappa shape index (κ3) is 2.24. The lowest BCUT2D eigenvalue weighted by molar-refractivity contribution is -0.127. The van der Waals surface area contributed by atoms with Crippen LogP contribution in [0.25, 0.3) is 10.2 Å². The van der Waals surface area contributed by atoms with Gasteiger partial charge in [0.15, 0.2) is 0 Å². The Morgan fingerprint density at radius 1 is 1.33 bits per heavy atom. The van der Waals surface area contributed by atoms with Gasteiger partial charge in [-0.1, -0.05) is 12.1 Å². The smallest absolute Gasteiger partial charge is 0.225 e. The maximum Gasteiger partial charge on any atom is 0.225 e. The third-order valence-electron chi connectivity index (χ3n) is 5.04. The summed E-state index contributed by atoms with van der Waals surface area (Å²) in [5, 5.41) is 4.01. The number of benzene rings is 1. The first-order valence-electron chi connectivity index (χ1n) is 7.60. The lowest BCUT2D eigenvalue weighted by Crippen LogP contribution is -2.45. The Bertz CT molecular complexity index is 648. The average Bonchev–Trinajstić information content (AvgIpc) is 3.17. The van der Waals surface area contributed by atoms with Crippen LogP contribution in [0.4, 0.5) is 0 Å². The highest BCUT2D eigenvalue weighted by Gasteiger charge is 2.48. The first kappa shape index (κ1) is 13.2. The molecule has 2 bridgehead atoms. The number of hydrogen-bond acceptors (Lipinski definition) is 4. The van der Waals surface area contributed by atoms with Gasteiger partial charge in [0.2, 0.25) is 5.91 Å².